The van der Waals surface area contributed by atoms with E-state index in [0.29, 0.717) is 11.6 Å². The van der Waals surface area contributed by atoms with Gasteiger partial charge in [0.1, 0.15) is 11.6 Å². The van der Waals surface area contributed by atoms with Gasteiger partial charge in [0.15, 0.2) is 5.16 Å². The molecule has 0 spiro atoms. The molecule has 0 aliphatic heterocycles. The van der Waals surface area contributed by atoms with E-state index in [-0.39, 0.29) is 17.7 Å². The van der Waals surface area contributed by atoms with Gasteiger partial charge in [0.2, 0.25) is 5.91 Å². The zero-order chi connectivity index (χ0) is 20.6. The van der Waals surface area contributed by atoms with Gasteiger partial charge in [-0.2, -0.15) is 0 Å². The van der Waals surface area contributed by atoms with Gasteiger partial charge in [-0.3, -0.25) is 9.36 Å². The molecule has 152 valence electrons. The predicted octanol–water partition coefficient (Wildman–Crippen LogP) is 3.87. The maximum absolute atomic E-state index is 12.2. The summed E-state index contributed by atoms with van der Waals surface area (Å²) in [5, 5.41) is 12.5. The van der Waals surface area contributed by atoms with Gasteiger partial charge < -0.3 is 10.1 Å². The lowest BCUT2D eigenvalue weighted by Gasteiger charge is -2.14. The summed E-state index contributed by atoms with van der Waals surface area (Å²) in [6.45, 7) is 4.05. The Morgan fingerprint density at radius 3 is 2.59 bits per heavy atom. The molecule has 0 radical (unpaired) electrons. The van der Waals surface area contributed by atoms with Crippen molar-refractivity contribution in [2.75, 3.05) is 12.9 Å². The Bertz CT molecular complexity index is 943. The van der Waals surface area contributed by atoms with E-state index in [1.165, 1.54) is 11.8 Å². The number of carbonyl (C=O) groups is 1. The molecule has 2 aromatic carbocycles. The van der Waals surface area contributed by atoms with Gasteiger partial charge in [0.25, 0.3) is 0 Å². The molecule has 1 aromatic heterocycles. The minimum absolute atomic E-state index is 0.0106. The highest BCUT2D eigenvalue weighted by molar-refractivity contribution is 7.99. The average molecular weight is 411 g/mol. The summed E-state index contributed by atoms with van der Waals surface area (Å²) in [4.78, 5) is 12.2. The molecule has 3 aromatic rings. The van der Waals surface area contributed by atoms with E-state index >= 15 is 0 Å². The Kier molecular flexibility index (Phi) is 7.30. The van der Waals surface area contributed by atoms with Crippen LogP contribution in [0.4, 0.5) is 0 Å². The monoisotopic (exact) mass is 410 g/mol. The first kappa shape index (κ1) is 20.9. The van der Waals surface area contributed by atoms with Crippen LogP contribution in [0.15, 0.2) is 59.8 Å². The summed E-state index contributed by atoms with van der Waals surface area (Å²) in [6, 6.07) is 18.1. The normalized spacial score (nSPS) is 11.8. The minimum atomic E-state index is -0.0106. The summed E-state index contributed by atoms with van der Waals surface area (Å²) in [5.74, 6) is 1.80. The summed E-state index contributed by atoms with van der Waals surface area (Å²) < 4.78 is 7.54. The van der Waals surface area contributed by atoms with Crippen molar-refractivity contribution < 1.29 is 9.53 Å². The smallest absolute Gasteiger partial charge is 0.230 e. The van der Waals surface area contributed by atoms with Gasteiger partial charge in [0, 0.05) is 12.5 Å². The van der Waals surface area contributed by atoms with Crippen molar-refractivity contribution in [1.82, 2.24) is 20.1 Å². The van der Waals surface area contributed by atoms with Gasteiger partial charge in [-0.1, -0.05) is 61.2 Å². The maximum Gasteiger partial charge on any atom is 0.230 e. The van der Waals surface area contributed by atoms with E-state index in [1.54, 1.807) is 7.11 Å². The molecule has 0 aliphatic carbocycles. The quantitative estimate of drug-likeness (QED) is 0.542. The van der Waals surface area contributed by atoms with E-state index in [1.807, 2.05) is 60.9 Å². The Morgan fingerprint density at radius 1 is 1.14 bits per heavy atom. The van der Waals surface area contributed by atoms with Crippen molar-refractivity contribution in [3.8, 4) is 11.4 Å². The molecule has 0 bridgehead atoms. The van der Waals surface area contributed by atoms with Crippen LogP contribution in [-0.4, -0.2) is 39.6 Å². The van der Waals surface area contributed by atoms with Crippen LogP contribution < -0.4 is 10.1 Å². The molecular formula is C22H26N4O2S. The van der Waals surface area contributed by atoms with Crippen molar-refractivity contribution >= 4 is 17.7 Å². The highest BCUT2D eigenvalue weighted by atomic mass is 32.2. The number of ether oxygens (including phenoxy) is 1. The van der Waals surface area contributed by atoms with Crippen molar-refractivity contribution in [1.29, 1.82) is 0 Å². The third kappa shape index (κ3) is 5.38. The summed E-state index contributed by atoms with van der Waals surface area (Å²) >= 11 is 1.37. The summed E-state index contributed by atoms with van der Waals surface area (Å²) in [5.41, 5.74) is 2.00. The first-order chi connectivity index (χ1) is 14.1. The molecule has 0 saturated heterocycles. The zero-order valence-electron chi connectivity index (χ0n) is 17.0. The SMILES string of the molecule is CCC(C)NC(=O)CSc1nnc(Cc2ccccc2)n1-c1ccccc1OC. The lowest BCUT2D eigenvalue weighted by molar-refractivity contribution is -0.119. The second-order valence-corrected chi connectivity index (χ2v) is 7.68. The number of methoxy groups -OCH3 is 1. The summed E-state index contributed by atoms with van der Waals surface area (Å²) in [6.07, 6.45) is 1.53. The third-order valence-corrected chi connectivity index (χ3v) is 5.51. The lowest BCUT2D eigenvalue weighted by atomic mass is 10.1. The maximum atomic E-state index is 12.2. The molecule has 0 saturated carbocycles. The van der Waals surface area contributed by atoms with Crippen molar-refractivity contribution in [2.24, 2.45) is 0 Å². The fourth-order valence-corrected chi connectivity index (χ4v) is 3.67. The molecule has 7 heteroatoms. The van der Waals surface area contributed by atoms with Crippen LogP contribution in [0.1, 0.15) is 31.7 Å². The molecule has 29 heavy (non-hydrogen) atoms. The van der Waals surface area contributed by atoms with Crippen molar-refractivity contribution in [3.05, 3.63) is 66.0 Å². The molecule has 0 fully saturated rings. The van der Waals surface area contributed by atoms with Crippen LogP contribution in [0.5, 0.6) is 5.75 Å². The molecule has 1 atom stereocenters. The van der Waals surface area contributed by atoms with Gasteiger partial charge in [-0.05, 0) is 31.0 Å². The van der Waals surface area contributed by atoms with Crippen LogP contribution in [0, 0.1) is 0 Å². The van der Waals surface area contributed by atoms with Crippen LogP contribution in [0.3, 0.4) is 0 Å². The Labute approximate surface area is 175 Å². The minimum Gasteiger partial charge on any atom is -0.495 e. The standard InChI is InChI=1S/C22H26N4O2S/c1-4-16(2)23-21(27)15-29-22-25-24-20(14-17-10-6-5-7-11-17)26(22)18-12-8-9-13-19(18)28-3/h5-13,16H,4,14-15H2,1-3H3,(H,23,27). The predicted molar refractivity (Wildman–Crippen MR) is 116 cm³/mol. The topological polar surface area (TPSA) is 69.0 Å². The molecule has 1 N–H and O–H groups in total. The van der Waals surface area contributed by atoms with Gasteiger partial charge >= 0.3 is 0 Å². The van der Waals surface area contributed by atoms with E-state index in [9.17, 15) is 4.79 Å². The first-order valence-corrected chi connectivity index (χ1v) is 10.6. The highest BCUT2D eigenvalue weighted by Crippen LogP contribution is 2.29. The van der Waals surface area contributed by atoms with E-state index in [0.717, 1.165) is 29.2 Å². The third-order valence-electron chi connectivity index (χ3n) is 4.58. The average Bonchev–Trinajstić information content (AvgIpc) is 3.14. The van der Waals surface area contributed by atoms with Crippen LogP contribution >= 0.6 is 11.8 Å². The number of benzene rings is 2. The van der Waals surface area contributed by atoms with E-state index < -0.39 is 0 Å². The Balaban J connectivity index is 1.91. The number of aromatic nitrogens is 3. The van der Waals surface area contributed by atoms with Gasteiger partial charge in [-0.15, -0.1) is 10.2 Å². The molecule has 0 aliphatic rings. The Morgan fingerprint density at radius 2 is 1.86 bits per heavy atom. The number of para-hydroxylation sites is 2. The van der Waals surface area contributed by atoms with Gasteiger partial charge in [-0.25, -0.2) is 0 Å². The number of thioether (sulfide) groups is 1. The van der Waals surface area contributed by atoms with Crippen LogP contribution in [0.2, 0.25) is 0 Å². The number of hydrogen-bond acceptors (Lipinski definition) is 5. The number of amides is 1. The highest BCUT2D eigenvalue weighted by Gasteiger charge is 2.19. The zero-order valence-corrected chi connectivity index (χ0v) is 17.8. The molecule has 3 rings (SSSR count). The van der Waals surface area contributed by atoms with E-state index in [2.05, 4.69) is 27.6 Å². The second kappa shape index (κ2) is 10.1. The number of rotatable bonds is 9. The van der Waals surface area contributed by atoms with Crippen LogP contribution in [0.25, 0.3) is 5.69 Å². The molecule has 1 amide bonds. The van der Waals surface area contributed by atoms with E-state index in [4.69, 9.17) is 4.74 Å². The number of hydrogen-bond donors (Lipinski definition) is 1. The molecule has 6 nitrogen and oxygen atoms in total. The molecule has 1 unspecified atom stereocenters. The molecule has 1 heterocycles. The van der Waals surface area contributed by atoms with Gasteiger partial charge in [0.05, 0.1) is 18.6 Å². The largest absolute Gasteiger partial charge is 0.495 e. The fraction of sp³-hybridized carbons (Fsp3) is 0.318. The number of nitrogens with one attached hydrogen (secondary N) is 1. The van der Waals surface area contributed by atoms with Crippen molar-refractivity contribution in [2.45, 2.75) is 37.9 Å². The first-order valence-electron chi connectivity index (χ1n) is 9.66. The second-order valence-electron chi connectivity index (χ2n) is 6.73. The lowest BCUT2D eigenvalue weighted by Crippen LogP contribution is -2.33. The number of nitrogens with zero attached hydrogens (tertiary/aromatic N) is 3. The van der Waals surface area contributed by atoms with Crippen molar-refractivity contribution in [3.63, 3.8) is 0 Å². The summed E-state index contributed by atoms with van der Waals surface area (Å²) in [7, 11) is 1.65. The number of carbonyl (C=O) groups excluding carboxylic acids is 1. The molecular weight excluding hydrogens is 384 g/mol. The Hall–Kier alpha value is -2.80. The van der Waals surface area contributed by atoms with Crippen LogP contribution in [-0.2, 0) is 11.2 Å². The fourth-order valence-electron chi connectivity index (χ4n) is 2.89.